The van der Waals surface area contributed by atoms with Crippen LogP contribution in [0.5, 0.6) is 0 Å². The predicted octanol–water partition coefficient (Wildman–Crippen LogP) is 3.86. The number of carbonyl (C=O) groups is 1. The topological polar surface area (TPSA) is 77.6 Å². The third-order valence-electron chi connectivity index (χ3n) is 3.37. The number of anilines is 1. The first-order valence-corrected chi connectivity index (χ1v) is 8.89. The molecule has 10 heteroatoms. The van der Waals surface area contributed by atoms with E-state index in [2.05, 4.69) is 36.4 Å². The lowest BCUT2D eigenvalue weighted by Gasteiger charge is -2.04. The van der Waals surface area contributed by atoms with Gasteiger partial charge in [-0.2, -0.15) is 5.10 Å². The minimum absolute atomic E-state index is 0.188. The van der Waals surface area contributed by atoms with Crippen molar-refractivity contribution in [3.63, 3.8) is 0 Å². The van der Waals surface area contributed by atoms with Crippen molar-refractivity contribution in [2.24, 2.45) is 0 Å². The Balaban J connectivity index is 1.70. The summed E-state index contributed by atoms with van der Waals surface area (Å²) in [5.74, 6) is -0.200. The van der Waals surface area contributed by atoms with E-state index in [9.17, 15) is 4.79 Å². The Hall–Kier alpha value is -1.90. The number of benzene rings is 1. The minimum Gasteiger partial charge on any atom is -0.288 e. The van der Waals surface area contributed by atoms with E-state index in [0.29, 0.717) is 27.6 Å². The van der Waals surface area contributed by atoms with Crippen LogP contribution < -0.4 is 5.32 Å². The van der Waals surface area contributed by atoms with Gasteiger partial charge in [-0.3, -0.25) is 14.8 Å². The first-order valence-electron chi connectivity index (χ1n) is 7.34. The van der Waals surface area contributed by atoms with Crippen LogP contribution in [0.25, 0.3) is 0 Å². The highest BCUT2D eigenvalue weighted by atomic mass is 79.9. The van der Waals surface area contributed by atoms with Gasteiger partial charge in [0.15, 0.2) is 5.69 Å². The molecule has 0 radical (unpaired) electrons. The minimum atomic E-state index is -0.388. The van der Waals surface area contributed by atoms with Crippen molar-refractivity contribution in [1.29, 1.82) is 0 Å². The molecule has 0 saturated carbocycles. The van der Waals surface area contributed by atoms with Crippen molar-refractivity contribution in [2.45, 2.75) is 20.0 Å². The van der Waals surface area contributed by atoms with Gasteiger partial charge in [0.05, 0.1) is 11.0 Å². The Morgan fingerprint density at radius 1 is 1.28 bits per heavy atom. The monoisotopic (exact) mass is 442 g/mol. The molecule has 0 unspecified atom stereocenters. The van der Waals surface area contributed by atoms with Gasteiger partial charge in [-0.1, -0.05) is 29.3 Å². The molecule has 1 amide bonds. The van der Waals surface area contributed by atoms with E-state index in [1.165, 1.54) is 6.33 Å². The Morgan fingerprint density at radius 3 is 2.76 bits per heavy atom. The van der Waals surface area contributed by atoms with Gasteiger partial charge in [0.25, 0.3) is 5.91 Å². The molecule has 2 aromatic heterocycles. The van der Waals surface area contributed by atoms with Gasteiger partial charge in [-0.05, 0) is 40.5 Å². The van der Waals surface area contributed by atoms with E-state index in [1.807, 2.05) is 13.0 Å². The van der Waals surface area contributed by atoms with E-state index in [1.54, 1.807) is 27.7 Å². The van der Waals surface area contributed by atoms with E-state index >= 15 is 0 Å². The number of carbonyl (C=O) groups excluding carboxylic acids is 1. The molecule has 1 aromatic carbocycles. The van der Waals surface area contributed by atoms with Crippen LogP contribution in [0.4, 0.5) is 5.95 Å². The highest BCUT2D eigenvalue weighted by Crippen LogP contribution is 2.22. The summed E-state index contributed by atoms with van der Waals surface area (Å²) in [6, 6.07) is 5.24. The molecule has 0 aliphatic carbocycles. The molecule has 2 heterocycles. The zero-order valence-corrected chi connectivity index (χ0v) is 16.2. The van der Waals surface area contributed by atoms with E-state index < -0.39 is 0 Å². The number of halogens is 3. The van der Waals surface area contributed by atoms with Crippen molar-refractivity contribution in [3.05, 3.63) is 56.5 Å². The summed E-state index contributed by atoms with van der Waals surface area (Å²) in [6.45, 7) is 3.01. The maximum atomic E-state index is 12.3. The fourth-order valence-electron chi connectivity index (χ4n) is 2.13. The molecule has 0 saturated heterocycles. The van der Waals surface area contributed by atoms with Crippen LogP contribution in [-0.2, 0) is 13.1 Å². The molecule has 0 atom stereocenters. The van der Waals surface area contributed by atoms with Gasteiger partial charge in [0.1, 0.15) is 6.33 Å². The van der Waals surface area contributed by atoms with Gasteiger partial charge in [-0.25, -0.2) is 9.67 Å². The fraction of sp³-hybridized carbons (Fsp3) is 0.200. The molecule has 0 bridgehead atoms. The summed E-state index contributed by atoms with van der Waals surface area (Å²) in [7, 11) is 0. The molecule has 25 heavy (non-hydrogen) atoms. The van der Waals surface area contributed by atoms with Gasteiger partial charge < -0.3 is 0 Å². The molecule has 0 aliphatic heterocycles. The second-order valence-electron chi connectivity index (χ2n) is 5.14. The van der Waals surface area contributed by atoms with Crippen LogP contribution in [0.3, 0.4) is 0 Å². The van der Waals surface area contributed by atoms with E-state index in [-0.39, 0.29) is 17.5 Å². The number of nitrogens with zero attached hydrogens (tertiary/aromatic N) is 5. The quantitative estimate of drug-likeness (QED) is 0.649. The maximum absolute atomic E-state index is 12.3. The summed E-state index contributed by atoms with van der Waals surface area (Å²) in [5, 5.41) is 12.1. The molecule has 3 rings (SSSR count). The lowest BCUT2D eigenvalue weighted by Crippen LogP contribution is -2.15. The Morgan fingerprint density at radius 2 is 2.08 bits per heavy atom. The van der Waals surface area contributed by atoms with Crippen LogP contribution in [0.15, 0.2) is 35.2 Å². The second-order valence-corrected chi connectivity index (χ2v) is 6.83. The molecular weight excluding hydrogens is 431 g/mol. The summed E-state index contributed by atoms with van der Waals surface area (Å²) >= 11 is 15.4. The standard InChI is InChI=1S/C15H13BrCl2N6O/c1-2-23-7-11(16)13(21-23)14(25)20-15-19-8-24(22-15)6-9-3-4-10(17)5-12(9)18/h3-5,7-8H,2,6H2,1H3,(H,20,22,25). The van der Waals surface area contributed by atoms with Crippen molar-refractivity contribution in [1.82, 2.24) is 24.5 Å². The number of amides is 1. The second kappa shape index (κ2) is 7.55. The van der Waals surface area contributed by atoms with Crippen LogP contribution in [0.2, 0.25) is 10.0 Å². The van der Waals surface area contributed by atoms with Gasteiger partial charge in [0.2, 0.25) is 5.95 Å². The van der Waals surface area contributed by atoms with E-state index in [0.717, 1.165) is 5.56 Å². The highest BCUT2D eigenvalue weighted by molar-refractivity contribution is 9.10. The summed E-state index contributed by atoms with van der Waals surface area (Å²) in [5.41, 5.74) is 1.12. The zero-order valence-electron chi connectivity index (χ0n) is 13.1. The Kier molecular flexibility index (Phi) is 5.41. The largest absolute Gasteiger partial charge is 0.288 e. The van der Waals surface area contributed by atoms with Gasteiger partial charge in [-0.15, -0.1) is 5.10 Å². The summed E-state index contributed by atoms with van der Waals surface area (Å²) in [4.78, 5) is 16.4. The fourth-order valence-corrected chi connectivity index (χ4v) is 3.09. The number of hydrogen-bond donors (Lipinski definition) is 1. The predicted molar refractivity (Wildman–Crippen MR) is 99.1 cm³/mol. The smallest absolute Gasteiger partial charge is 0.279 e. The summed E-state index contributed by atoms with van der Waals surface area (Å²) in [6.07, 6.45) is 3.25. The molecule has 1 N–H and O–H groups in total. The molecule has 0 fully saturated rings. The van der Waals surface area contributed by atoms with Gasteiger partial charge >= 0.3 is 0 Å². The SMILES string of the molecule is CCn1cc(Br)c(C(=O)Nc2ncn(Cc3ccc(Cl)cc3Cl)n2)n1. The molecular formula is C15H13BrCl2N6O. The first kappa shape index (κ1) is 17.9. The lowest BCUT2D eigenvalue weighted by atomic mass is 10.2. The van der Waals surface area contributed by atoms with Crippen LogP contribution in [0, 0.1) is 0 Å². The molecule has 0 aliphatic rings. The van der Waals surface area contributed by atoms with Crippen LogP contribution in [0.1, 0.15) is 23.0 Å². The van der Waals surface area contributed by atoms with Gasteiger partial charge in [0, 0.05) is 22.8 Å². The van der Waals surface area contributed by atoms with Crippen LogP contribution in [-0.4, -0.2) is 30.5 Å². The number of hydrogen-bond acceptors (Lipinski definition) is 4. The maximum Gasteiger partial charge on any atom is 0.279 e. The van der Waals surface area contributed by atoms with Crippen molar-refractivity contribution >= 4 is 51.0 Å². The third-order valence-corrected chi connectivity index (χ3v) is 4.53. The number of aryl methyl sites for hydroxylation is 1. The van der Waals surface area contributed by atoms with Crippen molar-refractivity contribution in [2.75, 3.05) is 5.32 Å². The number of rotatable bonds is 5. The first-order chi connectivity index (χ1) is 12.0. The molecule has 3 aromatic rings. The van der Waals surface area contributed by atoms with Crippen molar-refractivity contribution in [3.8, 4) is 0 Å². The average molecular weight is 444 g/mol. The summed E-state index contributed by atoms with van der Waals surface area (Å²) < 4.78 is 3.84. The molecule has 7 nitrogen and oxygen atoms in total. The normalized spacial score (nSPS) is 10.9. The molecule has 0 spiro atoms. The van der Waals surface area contributed by atoms with Crippen molar-refractivity contribution < 1.29 is 4.79 Å². The zero-order chi connectivity index (χ0) is 18.0. The Bertz CT molecular complexity index is 923. The average Bonchev–Trinajstić information content (AvgIpc) is 3.16. The molecule has 130 valence electrons. The third kappa shape index (κ3) is 4.20. The number of aromatic nitrogens is 5. The number of nitrogens with one attached hydrogen (secondary N) is 1. The lowest BCUT2D eigenvalue weighted by molar-refractivity contribution is 0.102. The Labute approximate surface area is 162 Å². The highest BCUT2D eigenvalue weighted by Gasteiger charge is 2.17. The van der Waals surface area contributed by atoms with E-state index in [4.69, 9.17) is 23.2 Å². The van der Waals surface area contributed by atoms with Crippen LogP contribution >= 0.6 is 39.1 Å².